The molecule has 2 aliphatic rings. The van der Waals surface area contributed by atoms with E-state index < -0.39 is 5.54 Å². The average molecular weight is 210 g/mol. The summed E-state index contributed by atoms with van der Waals surface area (Å²) in [5, 5.41) is 6.03. The second kappa shape index (κ2) is 3.48. The van der Waals surface area contributed by atoms with Gasteiger partial charge in [0.2, 0.25) is 0 Å². The van der Waals surface area contributed by atoms with Gasteiger partial charge in [-0.2, -0.15) is 0 Å². The molecule has 0 aliphatic carbocycles. The van der Waals surface area contributed by atoms with E-state index in [1.54, 1.807) is 0 Å². The van der Waals surface area contributed by atoms with E-state index in [1.165, 1.54) is 0 Å². The van der Waals surface area contributed by atoms with E-state index in [0.29, 0.717) is 18.5 Å². The minimum atomic E-state index is -0.442. The van der Waals surface area contributed by atoms with Crippen LogP contribution in [0, 0.1) is 0 Å². The van der Waals surface area contributed by atoms with E-state index in [4.69, 9.17) is 0 Å². The quantitative estimate of drug-likeness (QED) is 0.616. The molecule has 0 saturated carbocycles. The van der Waals surface area contributed by atoms with Crippen molar-refractivity contribution < 1.29 is 4.79 Å². The van der Waals surface area contributed by atoms with Crippen LogP contribution in [0.3, 0.4) is 0 Å². The Morgan fingerprint density at radius 3 is 2.93 bits per heavy atom. The van der Waals surface area contributed by atoms with Crippen LogP contribution in [0.2, 0.25) is 0 Å². The Morgan fingerprint density at radius 2 is 2.40 bits per heavy atom. The van der Waals surface area contributed by atoms with Crippen molar-refractivity contribution in [3.05, 3.63) is 0 Å². The van der Waals surface area contributed by atoms with Gasteiger partial charge in [0.1, 0.15) is 5.54 Å². The summed E-state index contributed by atoms with van der Waals surface area (Å²) in [4.78, 5) is 18.3. The Bertz CT molecular complexity index is 303. The predicted molar refractivity (Wildman–Crippen MR) is 58.7 cm³/mol. The first-order valence-corrected chi connectivity index (χ1v) is 5.42. The lowest BCUT2D eigenvalue weighted by Crippen LogP contribution is -2.48. The molecule has 1 spiro atoms. The summed E-state index contributed by atoms with van der Waals surface area (Å²) in [6, 6.07) is 0.434. The highest BCUT2D eigenvalue weighted by Gasteiger charge is 2.51. The number of nitrogens with zero attached hydrogens (tertiary/aromatic N) is 2. The Labute approximate surface area is 89.9 Å². The van der Waals surface area contributed by atoms with Crippen molar-refractivity contribution in [3.8, 4) is 0 Å². The summed E-state index contributed by atoms with van der Waals surface area (Å²) in [6.07, 6.45) is 0.845. The lowest BCUT2D eigenvalue weighted by atomic mass is 9.97. The van der Waals surface area contributed by atoms with Crippen molar-refractivity contribution >= 4 is 11.9 Å². The van der Waals surface area contributed by atoms with Gasteiger partial charge in [0.15, 0.2) is 5.96 Å². The minimum absolute atomic E-state index is 0.0610. The van der Waals surface area contributed by atoms with Crippen LogP contribution in [0.1, 0.15) is 20.3 Å². The second-order valence-electron chi connectivity index (χ2n) is 4.45. The number of aliphatic imine (C=N–C) groups is 1. The lowest BCUT2D eigenvalue weighted by Gasteiger charge is -2.19. The second-order valence-corrected chi connectivity index (χ2v) is 4.45. The first kappa shape index (κ1) is 10.4. The van der Waals surface area contributed by atoms with Crippen LogP contribution >= 0.6 is 0 Å². The Morgan fingerprint density at radius 1 is 1.67 bits per heavy atom. The zero-order valence-electron chi connectivity index (χ0n) is 9.50. The molecule has 2 N–H and O–H groups in total. The van der Waals surface area contributed by atoms with E-state index in [0.717, 1.165) is 13.0 Å². The van der Waals surface area contributed by atoms with Crippen molar-refractivity contribution in [2.24, 2.45) is 4.99 Å². The van der Waals surface area contributed by atoms with Gasteiger partial charge in [-0.1, -0.05) is 0 Å². The van der Waals surface area contributed by atoms with Gasteiger partial charge in [0.05, 0.1) is 0 Å². The van der Waals surface area contributed by atoms with Gasteiger partial charge >= 0.3 is 0 Å². The fourth-order valence-electron chi connectivity index (χ4n) is 2.34. The van der Waals surface area contributed by atoms with Crippen molar-refractivity contribution in [2.75, 3.05) is 20.1 Å². The number of likely N-dealkylation sites (N-methyl/N-ethyl adjacent to an activating group) is 1. The van der Waals surface area contributed by atoms with Gasteiger partial charge in [-0.05, 0) is 27.3 Å². The van der Waals surface area contributed by atoms with Gasteiger partial charge in [-0.15, -0.1) is 0 Å². The van der Waals surface area contributed by atoms with Crippen LogP contribution in [0.15, 0.2) is 4.99 Å². The van der Waals surface area contributed by atoms with Crippen LogP contribution in [0.25, 0.3) is 0 Å². The topological polar surface area (TPSA) is 56.7 Å². The van der Waals surface area contributed by atoms with Gasteiger partial charge in [0.25, 0.3) is 5.91 Å². The molecule has 0 radical (unpaired) electrons. The number of amides is 1. The number of guanidine groups is 1. The fraction of sp³-hybridized carbons (Fsp3) is 0.800. The van der Waals surface area contributed by atoms with Crippen molar-refractivity contribution in [3.63, 3.8) is 0 Å². The molecule has 5 heteroatoms. The summed E-state index contributed by atoms with van der Waals surface area (Å²) in [6.45, 7) is 5.53. The van der Waals surface area contributed by atoms with E-state index in [2.05, 4.69) is 27.4 Å². The summed E-state index contributed by atoms with van der Waals surface area (Å²) < 4.78 is 0. The molecule has 2 rings (SSSR count). The van der Waals surface area contributed by atoms with E-state index in [1.807, 2.05) is 14.0 Å². The molecule has 84 valence electrons. The van der Waals surface area contributed by atoms with Gasteiger partial charge in [0, 0.05) is 19.1 Å². The van der Waals surface area contributed by atoms with Crippen molar-refractivity contribution in [1.82, 2.24) is 15.5 Å². The maximum Gasteiger partial charge on any atom is 0.253 e. The van der Waals surface area contributed by atoms with E-state index >= 15 is 0 Å². The molecule has 2 heterocycles. The maximum atomic E-state index is 11.9. The highest BCUT2D eigenvalue weighted by Crippen LogP contribution is 2.28. The summed E-state index contributed by atoms with van der Waals surface area (Å²) in [5.41, 5.74) is -0.442. The largest absolute Gasteiger partial charge is 0.340 e. The highest BCUT2D eigenvalue weighted by molar-refractivity contribution is 6.09. The summed E-state index contributed by atoms with van der Waals surface area (Å²) in [5.74, 6) is 0.691. The molecular formula is C10H18N4O. The molecule has 2 atom stereocenters. The molecule has 0 aromatic rings. The highest BCUT2D eigenvalue weighted by atomic mass is 16.2. The first-order chi connectivity index (χ1) is 7.07. The lowest BCUT2D eigenvalue weighted by molar-refractivity contribution is -0.123. The van der Waals surface area contributed by atoms with Crippen molar-refractivity contribution in [2.45, 2.75) is 31.8 Å². The monoisotopic (exact) mass is 210 g/mol. The average Bonchev–Trinajstić information content (AvgIpc) is 2.58. The third kappa shape index (κ3) is 1.61. The number of nitrogens with one attached hydrogen (secondary N) is 2. The number of hydrogen-bond donors (Lipinski definition) is 2. The molecular weight excluding hydrogens is 192 g/mol. The zero-order chi connectivity index (χ0) is 11.1. The van der Waals surface area contributed by atoms with Crippen LogP contribution in [0.5, 0.6) is 0 Å². The molecule has 1 amide bonds. The molecule has 2 saturated heterocycles. The summed E-state index contributed by atoms with van der Waals surface area (Å²) in [7, 11) is 2.04. The Kier molecular flexibility index (Phi) is 2.42. The van der Waals surface area contributed by atoms with Gasteiger partial charge < -0.3 is 10.2 Å². The smallest absolute Gasteiger partial charge is 0.253 e. The molecule has 5 nitrogen and oxygen atoms in total. The van der Waals surface area contributed by atoms with Gasteiger partial charge in [-0.3, -0.25) is 15.1 Å². The fourth-order valence-corrected chi connectivity index (χ4v) is 2.34. The molecule has 2 fully saturated rings. The molecule has 0 bridgehead atoms. The van der Waals surface area contributed by atoms with Crippen LogP contribution < -0.4 is 10.6 Å². The third-order valence-corrected chi connectivity index (χ3v) is 3.26. The van der Waals surface area contributed by atoms with Crippen molar-refractivity contribution in [1.29, 1.82) is 0 Å². The van der Waals surface area contributed by atoms with Crippen LogP contribution in [-0.4, -0.2) is 48.5 Å². The minimum Gasteiger partial charge on any atom is -0.340 e. The summed E-state index contributed by atoms with van der Waals surface area (Å²) >= 11 is 0. The normalized spacial score (nSPS) is 38.7. The zero-order valence-corrected chi connectivity index (χ0v) is 9.50. The number of hydrogen-bond acceptors (Lipinski definition) is 3. The van der Waals surface area contributed by atoms with E-state index in [9.17, 15) is 4.79 Å². The number of likely N-dealkylation sites (tertiary alicyclic amines) is 1. The maximum absolute atomic E-state index is 11.9. The Balaban J connectivity index is 2.18. The molecule has 2 unspecified atom stereocenters. The standard InChI is InChI=1S/C10H18N4O/c1-4-11-9-12-8(15)10(13-9)5-7(2)14(3)6-10/h7H,4-6H2,1-3H3,(H2,11,12,13,15). The Hall–Kier alpha value is -1.10. The first-order valence-electron chi connectivity index (χ1n) is 5.42. The molecule has 2 aliphatic heterocycles. The van der Waals surface area contributed by atoms with Crippen LogP contribution in [0.4, 0.5) is 0 Å². The van der Waals surface area contributed by atoms with E-state index in [-0.39, 0.29) is 5.91 Å². The SMILES string of the molecule is CCN=C1NC(=O)C2(CC(C)N(C)C2)N1. The van der Waals surface area contributed by atoms with Gasteiger partial charge in [-0.25, -0.2) is 0 Å². The third-order valence-electron chi connectivity index (χ3n) is 3.26. The number of carbonyl (C=O) groups excluding carboxylic acids is 1. The number of rotatable bonds is 1. The molecule has 0 aromatic carbocycles. The van der Waals surface area contributed by atoms with Crippen LogP contribution in [-0.2, 0) is 4.79 Å². The number of carbonyl (C=O) groups is 1. The molecule has 0 aromatic heterocycles. The molecule has 15 heavy (non-hydrogen) atoms. The predicted octanol–water partition coefficient (Wildman–Crippen LogP) is -0.455.